The number of aryl methyl sites for hydroxylation is 1. The molecule has 4 heteroatoms. The summed E-state index contributed by atoms with van der Waals surface area (Å²) >= 11 is 5.06. The molecule has 0 radical (unpaired) electrons. The first-order valence-corrected chi connectivity index (χ1v) is 6.80. The number of hydrogen-bond acceptors (Lipinski definition) is 3. The van der Waals surface area contributed by atoms with E-state index in [2.05, 4.69) is 21.2 Å². The summed E-state index contributed by atoms with van der Waals surface area (Å²) < 4.78 is 1.05. The maximum atomic E-state index is 12.2. The zero-order valence-corrected chi connectivity index (χ0v) is 11.1. The van der Waals surface area contributed by atoms with E-state index in [0.29, 0.717) is 5.78 Å². The highest BCUT2D eigenvalue weighted by Gasteiger charge is 2.24. The molecule has 1 fully saturated rings. The Kier molecular flexibility index (Phi) is 3.59. The number of Topliss-reactive ketones (excluding diaryl/α,β-unsaturated/α-hetero) is 1. The van der Waals surface area contributed by atoms with Gasteiger partial charge in [-0.15, -0.1) is 11.3 Å². The largest absolute Gasteiger partial charge is 0.316 e. The molecule has 1 aromatic heterocycles. The predicted molar refractivity (Wildman–Crippen MR) is 66.7 cm³/mol. The molecule has 1 saturated heterocycles. The number of halogens is 1. The van der Waals surface area contributed by atoms with Crippen LogP contribution in [0.3, 0.4) is 0 Å². The van der Waals surface area contributed by atoms with Crippen LogP contribution >= 0.6 is 27.3 Å². The number of rotatable bonds is 2. The third kappa shape index (κ3) is 2.49. The second kappa shape index (κ2) is 4.76. The van der Waals surface area contributed by atoms with Gasteiger partial charge in [0, 0.05) is 22.9 Å². The number of ketones is 1. The second-order valence-corrected chi connectivity index (χ2v) is 6.56. The van der Waals surface area contributed by atoms with Gasteiger partial charge in [0.1, 0.15) is 0 Å². The minimum atomic E-state index is 0.180. The van der Waals surface area contributed by atoms with Gasteiger partial charge >= 0.3 is 0 Å². The van der Waals surface area contributed by atoms with Crippen LogP contribution < -0.4 is 5.32 Å². The molecule has 1 N–H and O–H groups in total. The molecule has 2 rings (SSSR count). The minimum Gasteiger partial charge on any atom is -0.316 e. The SMILES string of the molecule is Cc1sc(Br)cc1C(=O)C1CCCNC1. The van der Waals surface area contributed by atoms with E-state index < -0.39 is 0 Å². The molecular weight excluding hydrogens is 274 g/mol. The maximum Gasteiger partial charge on any atom is 0.168 e. The Morgan fingerprint density at radius 2 is 2.47 bits per heavy atom. The van der Waals surface area contributed by atoms with Crippen molar-refractivity contribution in [2.75, 3.05) is 13.1 Å². The number of carbonyl (C=O) groups excluding carboxylic acids is 1. The van der Waals surface area contributed by atoms with E-state index in [1.807, 2.05) is 13.0 Å². The van der Waals surface area contributed by atoms with Crippen molar-refractivity contribution >= 4 is 33.0 Å². The molecule has 15 heavy (non-hydrogen) atoms. The lowest BCUT2D eigenvalue weighted by Gasteiger charge is -2.21. The number of hydrogen-bond donors (Lipinski definition) is 1. The van der Waals surface area contributed by atoms with Crippen LogP contribution in [0, 0.1) is 12.8 Å². The Hall–Kier alpha value is -0.190. The maximum absolute atomic E-state index is 12.2. The van der Waals surface area contributed by atoms with E-state index in [1.165, 1.54) is 0 Å². The summed E-state index contributed by atoms with van der Waals surface area (Å²) in [5, 5.41) is 3.28. The molecule has 2 nitrogen and oxygen atoms in total. The highest BCUT2D eigenvalue weighted by Crippen LogP contribution is 2.29. The van der Waals surface area contributed by atoms with E-state index >= 15 is 0 Å². The van der Waals surface area contributed by atoms with Crippen molar-refractivity contribution in [3.63, 3.8) is 0 Å². The quantitative estimate of drug-likeness (QED) is 0.848. The number of carbonyl (C=O) groups is 1. The fourth-order valence-corrected chi connectivity index (χ4v) is 3.68. The highest BCUT2D eigenvalue weighted by atomic mass is 79.9. The third-order valence-electron chi connectivity index (χ3n) is 2.82. The Labute approximate surface area is 102 Å². The standard InChI is InChI=1S/C11H14BrNOS/c1-7-9(5-10(12)15-7)11(14)8-3-2-4-13-6-8/h5,8,13H,2-4,6H2,1H3. The van der Waals surface area contributed by atoms with E-state index in [0.717, 1.165) is 40.2 Å². The van der Waals surface area contributed by atoms with Crippen molar-refractivity contribution in [2.24, 2.45) is 5.92 Å². The van der Waals surface area contributed by atoms with Gasteiger partial charge in [-0.2, -0.15) is 0 Å². The second-order valence-electron chi connectivity index (χ2n) is 3.93. The lowest BCUT2D eigenvalue weighted by Crippen LogP contribution is -2.34. The summed E-state index contributed by atoms with van der Waals surface area (Å²) in [6, 6.07) is 1.96. The Bertz CT molecular complexity index is 369. The van der Waals surface area contributed by atoms with Gasteiger partial charge in [0.2, 0.25) is 0 Å². The Morgan fingerprint density at radius 3 is 3.00 bits per heavy atom. The van der Waals surface area contributed by atoms with Gasteiger partial charge in [0.05, 0.1) is 3.79 Å². The predicted octanol–water partition coefficient (Wildman–Crippen LogP) is 3.00. The molecule has 0 amide bonds. The van der Waals surface area contributed by atoms with Crippen LogP contribution in [0.2, 0.25) is 0 Å². The first kappa shape index (κ1) is 11.3. The smallest absolute Gasteiger partial charge is 0.168 e. The van der Waals surface area contributed by atoms with Crippen LogP contribution in [0.25, 0.3) is 0 Å². The lowest BCUT2D eigenvalue weighted by molar-refractivity contribution is 0.0899. The van der Waals surface area contributed by atoms with Crippen molar-refractivity contribution in [2.45, 2.75) is 19.8 Å². The normalized spacial score (nSPS) is 21.6. The summed E-state index contributed by atoms with van der Waals surface area (Å²) in [5.41, 5.74) is 0.903. The van der Waals surface area contributed by atoms with E-state index in [4.69, 9.17) is 0 Å². The fraction of sp³-hybridized carbons (Fsp3) is 0.545. The van der Waals surface area contributed by atoms with Gasteiger partial charge in [-0.3, -0.25) is 4.79 Å². The van der Waals surface area contributed by atoms with E-state index in [1.54, 1.807) is 11.3 Å². The molecule has 1 aliphatic rings. The average Bonchev–Trinajstić information content (AvgIpc) is 2.58. The van der Waals surface area contributed by atoms with Gasteiger partial charge in [0.25, 0.3) is 0 Å². The number of nitrogens with one attached hydrogen (secondary N) is 1. The van der Waals surface area contributed by atoms with Crippen molar-refractivity contribution < 1.29 is 4.79 Å². The lowest BCUT2D eigenvalue weighted by atomic mass is 9.91. The van der Waals surface area contributed by atoms with Crippen LogP contribution in [0.1, 0.15) is 28.1 Å². The van der Waals surface area contributed by atoms with Gasteiger partial charge in [0.15, 0.2) is 5.78 Å². The van der Waals surface area contributed by atoms with Crippen LogP contribution in [0.15, 0.2) is 9.85 Å². The first-order chi connectivity index (χ1) is 7.18. The summed E-state index contributed by atoms with van der Waals surface area (Å²) in [7, 11) is 0. The summed E-state index contributed by atoms with van der Waals surface area (Å²) in [4.78, 5) is 13.3. The van der Waals surface area contributed by atoms with Crippen molar-refractivity contribution in [1.29, 1.82) is 0 Å². The van der Waals surface area contributed by atoms with Gasteiger partial charge in [-0.05, 0) is 48.3 Å². The summed E-state index contributed by atoms with van der Waals surface area (Å²) in [6.07, 6.45) is 2.14. The van der Waals surface area contributed by atoms with Crippen molar-refractivity contribution in [3.05, 3.63) is 20.3 Å². The van der Waals surface area contributed by atoms with Crippen LogP contribution in [0.5, 0.6) is 0 Å². The third-order valence-corrected chi connectivity index (χ3v) is 4.37. The molecule has 0 bridgehead atoms. The summed E-state index contributed by atoms with van der Waals surface area (Å²) in [6.45, 7) is 3.90. The molecule has 82 valence electrons. The first-order valence-electron chi connectivity index (χ1n) is 5.19. The molecule has 1 aliphatic heterocycles. The van der Waals surface area contributed by atoms with E-state index in [9.17, 15) is 4.79 Å². The number of piperidine rings is 1. The van der Waals surface area contributed by atoms with Crippen LogP contribution in [-0.4, -0.2) is 18.9 Å². The van der Waals surface area contributed by atoms with Crippen LogP contribution in [0.4, 0.5) is 0 Å². The highest BCUT2D eigenvalue weighted by molar-refractivity contribution is 9.11. The molecule has 1 unspecified atom stereocenters. The molecule has 0 saturated carbocycles. The van der Waals surface area contributed by atoms with Gasteiger partial charge < -0.3 is 5.32 Å². The molecular formula is C11H14BrNOS. The molecule has 1 atom stereocenters. The van der Waals surface area contributed by atoms with Crippen molar-refractivity contribution in [3.8, 4) is 0 Å². The molecule has 2 heterocycles. The molecule has 0 aliphatic carbocycles. The van der Waals surface area contributed by atoms with Crippen molar-refractivity contribution in [1.82, 2.24) is 5.32 Å². The van der Waals surface area contributed by atoms with Crippen LogP contribution in [-0.2, 0) is 0 Å². The number of thiophene rings is 1. The zero-order valence-electron chi connectivity index (χ0n) is 8.68. The minimum absolute atomic E-state index is 0.180. The van der Waals surface area contributed by atoms with Gasteiger partial charge in [-0.25, -0.2) is 0 Å². The topological polar surface area (TPSA) is 29.1 Å². The molecule has 1 aromatic rings. The average molecular weight is 288 g/mol. The van der Waals surface area contributed by atoms with E-state index in [-0.39, 0.29) is 5.92 Å². The molecule has 0 aromatic carbocycles. The zero-order chi connectivity index (χ0) is 10.8. The van der Waals surface area contributed by atoms with Gasteiger partial charge in [-0.1, -0.05) is 0 Å². The monoisotopic (exact) mass is 287 g/mol. The fourth-order valence-electron chi connectivity index (χ4n) is 1.99. The molecule has 0 spiro atoms. The Balaban J connectivity index is 2.16. The summed E-state index contributed by atoms with van der Waals surface area (Å²) in [5.74, 6) is 0.487. The Morgan fingerprint density at radius 1 is 1.67 bits per heavy atom.